The Labute approximate surface area is 186 Å². The normalized spacial score (nSPS) is 15.4. The van der Waals surface area contributed by atoms with Crippen molar-refractivity contribution in [1.82, 2.24) is 10.4 Å². The fourth-order valence-corrected chi connectivity index (χ4v) is 3.18. The van der Waals surface area contributed by atoms with Crippen LogP contribution in [0.1, 0.15) is 16.8 Å². The molecule has 2 aromatic rings. The van der Waals surface area contributed by atoms with Gasteiger partial charge < -0.3 is 14.8 Å². The zero-order valence-electron chi connectivity index (χ0n) is 16.6. The summed E-state index contributed by atoms with van der Waals surface area (Å²) in [4.78, 5) is 48.7. The molecule has 162 valence electrons. The number of hydrogen-bond acceptors (Lipinski definition) is 6. The van der Waals surface area contributed by atoms with Crippen LogP contribution in [0.15, 0.2) is 53.0 Å². The summed E-state index contributed by atoms with van der Waals surface area (Å²) < 4.78 is 10.9. The summed E-state index contributed by atoms with van der Waals surface area (Å²) in [6, 6.07) is 13.4. The Morgan fingerprint density at radius 3 is 2.61 bits per heavy atom. The molecule has 10 heteroatoms. The van der Waals surface area contributed by atoms with Gasteiger partial charge in [-0.2, -0.15) is 0 Å². The fraction of sp³-hybridized carbons (Fsp3) is 0.238. The lowest BCUT2D eigenvalue weighted by atomic mass is 10.1. The zero-order chi connectivity index (χ0) is 22.4. The molecule has 0 unspecified atom stereocenters. The Bertz CT molecular complexity index is 995. The molecule has 3 rings (SSSR count). The van der Waals surface area contributed by atoms with Gasteiger partial charge in [-0.15, -0.1) is 0 Å². The molecular weight excluding hydrogens is 470 g/mol. The highest BCUT2D eigenvalue weighted by Gasteiger charge is 2.36. The largest absolute Gasteiger partial charge is 0.497 e. The van der Waals surface area contributed by atoms with Crippen LogP contribution in [0.25, 0.3) is 0 Å². The van der Waals surface area contributed by atoms with Crippen molar-refractivity contribution < 1.29 is 28.7 Å². The predicted molar refractivity (Wildman–Crippen MR) is 114 cm³/mol. The van der Waals surface area contributed by atoms with Crippen molar-refractivity contribution in [2.24, 2.45) is 5.92 Å². The average Bonchev–Trinajstić information content (AvgIpc) is 3.12. The second-order valence-electron chi connectivity index (χ2n) is 6.74. The third-order valence-corrected chi connectivity index (χ3v) is 5.03. The van der Waals surface area contributed by atoms with Crippen molar-refractivity contribution in [3.05, 3.63) is 58.6 Å². The minimum Gasteiger partial charge on any atom is -0.497 e. The highest BCUT2D eigenvalue weighted by molar-refractivity contribution is 9.10. The SMILES string of the molecule is COc1cccc(NC(=O)COC(=O)[C@H]2CC(=O)N(NC(=O)c3ccc(Br)cc3)C2)c1. The number of hydrogen-bond donors (Lipinski definition) is 2. The maximum atomic E-state index is 12.3. The van der Waals surface area contributed by atoms with Gasteiger partial charge in [0.1, 0.15) is 5.75 Å². The lowest BCUT2D eigenvalue weighted by Crippen LogP contribution is -2.43. The number of carbonyl (C=O) groups is 4. The minimum atomic E-state index is -0.776. The Morgan fingerprint density at radius 1 is 1.16 bits per heavy atom. The summed E-state index contributed by atoms with van der Waals surface area (Å²) in [6.45, 7) is -0.524. The first-order valence-electron chi connectivity index (χ1n) is 9.33. The lowest BCUT2D eigenvalue weighted by molar-refractivity contribution is -0.151. The first kappa shape index (κ1) is 22.3. The Kier molecular flexibility index (Phi) is 7.24. The van der Waals surface area contributed by atoms with E-state index in [1.54, 1.807) is 48.5 Å². The minimum absolute atomic E-state index is 0.0303. The molecule has 31 heavy (non-hydrogen) atoms. The standard InChI is InChI=1S/C21H20BrN3O6/c1-30-17-4-2-3-16(10-17)23-18(26)12-31-21(29)14-9-19(27)25(11-14)24-20(28)13-5-7-15(22)8-6-13/h2-8,10,14H,9,11-12H2,1H3,(H,23,26)(H,24,28)/t14-/m0/s1. The number of rotatable bonds is 7. The molecule has 0 radical (unpaired) electrons. The molecule has 2 N–H and O–H groups in total. The number of nitrogens with one attached hydrogen (secondary N) is 2. The van der Waals surface area contributed by atoms with Crippen molar-refractivity contribution in [3.63, 3.8) is 0 Å². The van der Waals surface area contributed by atoms with Gasteiger partial charge in [-0.1, -0.05) is 22.0 Å². The van der Waals surface area contributed by atoms with Crippen LogP contribution < -0.4 is 15.5 Å². The van der Waals surface area contributed by atoms with Crippen molar-refractivity contribution in [1.29, 1.82) is 0 Å². The number of halogens is 1. The number of carbonyl (C=O) groups excluding carboxylic acids is 4. The number of hydrazine groups is 1. The van der Waals surface area contributed by atoms with Crippen LogP contribution in [0.4, 0.5) is 5.69 Å². The monoisotopic (exact) mass is 489 g/mol. The number of anilines is 1. The van der Waals surface area contributed by atoms with Crippen molar-refractivity contribution in [2.75, 3.05) is 25.6 Å². The number of benzene rings is 2. The van der Waals surface area contributed by atoms with Crippen LogP contribution in [-0.2, 0) is 19.1 Å². The third kappa shape index (κ3) is 6.05. The molecule has 1 aliphatic heterocycles. The Hall–Kier alpha value is -3.40. The average molecular weight is 490 g/mol. The second kappa shape index (κ2) is 10.1. The molecule has 0 aliphatic carbocycles. The van der Waals surface area contributed by atoms with Gasteiger partial charge in [-0.05, 0) is 36.4 Å². The summed E-state index contributed by atoms with van der Waals surface area (Å²) in [7, 11) is 1.51. The van der Waals surface area contributed by atoms with E-state index in [9.17, 15) is 19.2 Å². The lowest BCUT2D eigenvalue weighted by Gasteiger charge is -2.17. The second-order valence-corrected chi connectivity index (χ2v) is 7.66. The molecule has 9 nitrogen and oxygen atoms in total. The van der Waals surface area contributed by atoms with E-state index in [1.807, 2.05) is 0 Å². The van der Waals surface area contributed by atoms with Gasteiger partial charge in [0.05, 0.1) is 19.6 Å². The topological polar surface area (TPSA) is 114 Å². The quantitative estimate of drug-likeness (QED) is 0.575. The van der Waals surface area contributed by atoms with Gasteiger partial charge in [-0.25, -0.2) is 0 Å². The summed E-state index contributed by atoms with van der Waals surface area (Å²) in [6.07, 6.45) is -0.114. The number of methoxy groups -OCH3 is 1. The molecule has 0 spiro atoms. The van der Waals surface area contributed by atoms with Gasteiger partial charge in [0.15, 0.2) is 6.61 Å². The van der Waals surface area contributed by atoms with Crippen molar-refractivity contribution >= 4 is 45.3 Å². The molecule has 1 saturated heterocycles. The van der Waals surface area contributed by atoms with E-state index < -0.39 is 36.2 Å². The molecule has 1 atom stereocenters. The van der Waals surface area contributed by atoms with Crippen LogP contribution in [0, 0.1) is 5.92 Å². The Morgan fingerprint density at radius 2 is 1.90 bits per heavy atom. The van der Waals surface area contributed by atoms with Gasteiger partial charge in [-0.3, -0.25) is 29.6 Å². The van der Waals surface area contributed by atoms with Crippen LogP contribution in [-0.4, -0.2) is 49.0 Å². The van der Waals surface area contributed by atoms with Gasteiger partial charge >= 0.3 is 5.97 Å². The molecular formula is C21H20BrN3O6. The van der Waals surface area contributed by atoms with Crippen LogP contribution in [0.5, 0.6) is 5.75 Å². The highest BCUT2D eigenvalue weighted by atomic mass is 79.9. The van der Waals surface area contributed by atoms with E-state index in [0.717, 1.165) is 9.48 Å². The Balaban J connectivity index is 1.47. The smallest absolute Gasteiger partial charge is 0.311 e. The number of ether oxygens (including phenoxy) is 2. The van der Waals surface area contributed by atoms with Gasteiger partial charge in [0.2, 0.25) is 5.91 Å². The van der Waals surface area contributed by atoms with Crippen molar-refractivity contribution in [2.45, 2.75) is 6.42 Å². The van der Waals surface area contributed by atoms with E-state index in [1.165, 1.54) is 7.11 Å². The highest BCUT2D eigenvalue weighted by Crippen LogP contribution is 2.19. The molecule has 0 aromatic heterocycles. The number of nitrogens with zero attached hydrogens (tertiary/aromatic N) is 1. The molecule has 1 heterocycles. The van der Waals surface area contributed by atoms with Gasteiger partial charge in [0.25, 0.3) is 11.8 Å². The van der Waals surface area contributed by atoms with Crippen molar-refractivity contribution in [3.8, 4) is 5.75 Å². The maximum absolute atomic E-state index is 12.3. The van der Waals surface area contributed by atoms with E-state index >= 15 is 0 Å². The summed E-state index contributed by atoms with van der Waals surface area (Å²) in [5.74, 6) is -2.28. The van der Waals surface area contributed by atoms with Gasteiger partial charge in [0, 0.05) is 28.2 Å². The van der Waals surface area contributed by atoms with E-state index in [4.69, 9.17) is 9.47 Å². The first-order chi connectivity index (χ1) is 14.9. The number of esters is 1. The van der Waals surface area contributed by atoms with E-state index in [2.05, 4.69) is 26.7 Å². The first-order valence-corrected chi connectivity index (χ1v) is 10.1. The van der Waals surface area contributed by atoms with Crippen LogP contribution in [0.3, 0.4) is 0 Å². The number of amides is 3. The molecule has 2 aromatic carbocycles. The van der Waals surface area contributed by atoms with Crippen LogP contribution >= 0.6 is 15.9 Å². The molecule has 1 aliphatic rings. The summed E-state index contributed by atoms with van der Waals surface area (Å²) in [5, 5.41) is 3.68. The van der Waals surface area contributed by atoms with E-state index in [-0.39, 0.29) is 13.0 Å². The fourth-order valence-electron chi connectivity index (χ4n) is 2.91. The van der Waals surface area contributed by atoms with E-state index in [0.29, 0.717) is 17.0 Å². The third-order valence-electron chi connectivity index (χ3n) is 4.50. The maximum Gasteiger partial charge on any atom is 0.311 e. The summed E-state index contributed by atoms with van der Waals surface area (Å²) >= 11 is 3.28. The molecule has 1 fully saturated rings. The molecule has 3 amide bonds. The zero-order valence-corrected chi connectivity index (χ0v) is 18.2. The molecule has 0 bridgehead atoms. The predicted octanol–water partition coefficient (Wildman–Crippen LogP) is 2.13. The van der Waals surface area contributed by atoms with Crippen LogP contribution in [0.2, 0.25) is 0 Å². The molecule has 0 saturated carbocycles. The summed E-state index contributed by atoms with van der Waals surface area (Å²) in [5.41, 5.74) is 3.36.